The van der Waals surface area contributed by atoms with Crippen LogP contribution in [0.4, 0.5) is 14.7 Å². The van der Waals surface area contributed by atoms with E-state index in [0.717, 1.165) is 12.1 Å². The summed E-state index contributed by atoms with van der Waals surface area (Å²) in [5.74, 6) is -1.34. The minimum absolute atomic E-state index is 0.0525. The molecule has 3 rings (SSSR count). The molecule has 0 amide bonds. The first-order valence-corrected chi connectivity index (χ1v) is 5.78. The molecule has 0 spiro atoms. The van der Waals surface area contributed by atoms with Gasteiger partial charge in [0.2, 0.25) is 5.88 Å². The third-order valence-corrected chi connectivity index (χ3v) is 2.85. The van der Waals surface area contributed by atoms with E-state index in [1.165, 1.54) is 6.07 Å². The van der Waals surface area contributed by atoms with E-state index in [1.54, 1.807) is 24.5 Å². The summed E-state index contributed by atoms with van der Waals surface area (Å²) in [5, 5.41) is 3.76. The lowest BCUT2D eigenvalue weighted by molar-refractivity contribution is 0.439. The molecule has 0 atom stereocenters. The summed E-state index contributed by atoms with van der Waals surface area (Å²) in [6.45, 7) is 0. The van der Waals surface area contributed by atoms with Gasteiger partial charge in [-0.3, -0.25) is 4.98 Å². The molecule has 0 saturated carbocycles. The zero-order valence-electron chi connectivity index (χ0n) is 10.2. The van der Waals surface area contributed by atoms with Crippen LogP contribution in [0.1, 0.15) is 0 Å². The fourth-order valence-corrected chi connectivity index (χ4v) is 1.96. The average Bonchev–Trinajstić information content (AvgIpc) is 2.81. The number of aromatic nitrogens is 2. The maximum Gasteiger partial charge on any atom is 0.230 e. The molecule has 0 radical (unpaired) electrons. The molecule has 3 aromatic rings. The first-order valence-electron chi connectivity index (χ1n) is 5.78. The van der Waals surface area contributed by atoms with Crippen molar-refractivity contribution in [2.45, 2.75) is 0 Å². The van der Waals surface area contributed by atoms with Crippen LogP contribution >= 0.6 is 0 Å². The molecule has 0 bridgehead atoms. The summed E-state index contributed by atoms with van der Waals surface area (Å²) in [7, 11) is 0. The minimum atomic E-state index is -0.733. The molecule has 1 aromatic carbocycles. The first kappa shape index (κ1) is 12.3. The Bertz CT molecular complexity index is 756. The Morgan fingerprint density at radius 1 is 1.15 bits per heavy atom. The van der Waals surface area contributed by atoms with Crippen LogP contribution in [-0.4, -0.2) is 10.1 Å². The van der Waals surface area contributed by atoms with Crippen LogP contribution in [0.5, 0.6) is 0 Å². The van der Waals surface area contributed by atoms with E-state index in [9.17, 15) is 8.78 Å². The van der Waals surface area contributed by atoms with Gasteiger partial charge in [-0.05, 0) is 18.2 Å². The number of halogens is 2. The molecule has 2 aromatic heterocycles. The number of pyridine rings is 1. The molecule has 2 heterocycles. The molecule has 2 N–H and O–H groups in total. The molecule has 4 nitrogen and oxygen atoms in total. The lowest BCUT2D eigenvalue weighted by atomic mass is 10.0. The minimum Gasteiger partial charge on any atom is -0.367 e. The number of rotatable bonds is 2. The van der Waals surface area contributed by atoms with Gasteiger partial charge in [0.15, 0.2) is 0 Å². The van der Waals surface area contributed by atoms with Gasteiger partial charge in [0.25, 0.3) is 0 Å². The molecule has 0 fully saturated rings. The lowest BCUT2D eigenvalue weighted by Crippen LogP contribution is -1.91. The maximum absolute atomic E-state index is 13.9. The summed E-state index contributed by atoms with van der Waals surface area (Å²) in [6.07, 6.45) is 3.17. The van der Waals surface area contributed by atoms with Crippen molar-refractivity contribution in [1.29, 1.82) is 0 Å². The quantitative estimate of drug-likeness (QED) is 0.778. The van der Waals surface area contributed by atoms with Crippen LogP contribution in [0.15, 0.2) is 47.2 Å². The zero-order chi connectivity index (χ0) is 14.1. The predicted octanol–water partition coefficient (Wildman–Crippen LogP) is 3.26. The first-order chi connectivity index (χ1) is 9.66. The van der Waals surface area contributed by atoms with Crippen molar-refractivity contribution in [3.05, 3.63) is 54.4 Å². The standard InChI is InChI=1S/C14H9F2N3O/c15-9-3-4-10(11(16)6-9)13-12(14(17)20-19-13)8-2-1-5-18-7-8/h1-7H,17H2. The molecular formula is C14H9F2N3O. The average molecular weight is 273 g/mol. The molecule has 0 aliphatic rings. The number of nitrogens with zero attached hydrogens (tertiary/aromatic N) is 2. The molecule has 0 saturated heterocycles. The SMILES string of the molecule is Nc1onc(-c2ccc(F)cc2F)c1-c1cccnc1. The van der Waals surface area contributed by atoms with Crippen molar-refractivity contribution in [2.24, 2.45) is 0 Å². The third kappa shape index (κ3) is 2.01. The summed E-state index contributed by atoms with van der Waals surface area (Å²) in [6, 6.07) is 6.69. The second kappa shape index (κ2) is 4.73. The zero-order valence-corrected chi connectivity index (χ0v) is 10.2. The third-order valence-electron chi connectivity index (χ3n) is 2.85. The van der Waals surface area contributed by atoms with Gasteiger partial charge >= 0.3 is 0 Å². The monoisotopic (exact) mass is 273 g/mol. The van der Waals surface area contributed by atoms with Crippen LogP contribution in [0.3, 0.4) is 0 Å². The number of anilines is 1. The highest BCUT2D eigenvalue weighted by atomic mass is 19.1. The summed E-state index contributed by atoms with van der Waals surface area (Å²) >= 11 is 0. The van der Waals surface area contributed by atoms with Crippen LogP contribution in [0.2, 0.25) is 0 Å². The maximum atomic E-state index is 13.9. The fourth-order valence-electron chi connectivity index (χ4n) is 1.96. The van der Waals surface area contributed by atoms with Crippen LogP contribution in [0, 0.1) is 11.6 Å². The van der Waals surface area contributed by atoms with E-state index in [-0.39, 0.29) is 17.1 Å². The Morgan fingerprint density at radius 3 is 2.70 bits per heavy atom. The van der Waals surface area contributed by atoms with Crippen molar-refractivity contribution in [3.63, 3.8) is 0 Å². The van der Waals surface area contributed by atoms with E-state index in [4.69, 9.17) is 10.3 Å². The second-order valence-corrected chi connectivity index (χ2v) is 4.14. The predicted molar refractivity (Wildman–Crippen MR) is 69.5 cm³/mol. The van der Waals surface area contributed by atoms with Crippen molar-refractivity contribution in [1.82, 2.24) is 10.1 Å². The summed E-state index contributed by atoms with van der Waals surface area (Å²) < 4.78 is 31.8. The smallest absolute Gasteiger partial charge is 0.230 e. The Balaban J connectivity index is 2.21. The van der Waals surface area contributed by atoms with Crippen LogP contribution < -0.4 is 5.73 Å². The van der Waals surface area contributed by atoms with E-state index >= 15 is 0 Å². The van der Waals surface area contributed by atoms with E-state index in [1.807, 2.05) is 0 Å². The molecule has 100 valence electrons. The second-order valence-electron chi connectivity index (χ2n) is 4.14. The Hall–Kier alpha value is -2.76. The normalized spacial score (nSPS) is 10.7. The molecule has 0 unspecified atom stereocenters. The lowest BCUT2D eigenvalue weighted by Gasteiger charge is -2.03. The van der Waals surface area contributed by atoms with Gasteiger partial charge < -0.3 is 10.3 Å². The molecule has 20 heavy (non-hydrogen) atoms. The molecular weight excluding hydrogens is 264 g/mol. The van der Waals surface area contributed by atoms with Gasteiger partial charge in [-0.2, -0.15) is 0 Å². The van der Waals surface area contributed by atoms with Crippen LogP contribution in [-0.2, 0) is 0 Å². The highest BCUT2D eigenvalue weighted by Gasteiger charge is 2.20. The molecule has 0 aliphatic carbocycles. The van der Waals surface area contributed by atoms with Crippen molar-refractivity contribution in [2.75, 3.05) is 5.73 Å². The number of nitrogens with two attached hydrogens (primary N) is 1. The van der Waals surface area contributed by atoms with E-state index < -0.39 is 11.6 Å². The van der Waals surface area contributed by atoms with Crippen LogP contribution in [0.25, 0.3) is 22.4 Å². The number of hydrogen-bond acceptors (Lipinski definition) is 4. The van der Waals surface area contributed by atoms with Gasteiger partial charge in [-0.15, -0.1) is 0 Å². The largest absolute Gasteiger partial charge is 0.367 e. The van der Waals surface area contributed by atoms with Crippen molar-refractivity contribution >= 4 is 5.88 Å². The highest BCUT2D eigenvalue weighted by molar-refractivity contribution is 5.86. The number of nitrogen functional groups attached to an aromatic ring is 1. The topological polar surface area (TPSA) is 64.9 Å². The number of benzene rings is 1. The van der Waals surface area contributed by atoms with E-state index in [2.05, 4.69) is 10.1 Å². The van der Waals surface area contributed by atoms with Gasteiger partial charge in [-0.25, -0.2) is 8.78 Å². The van der Waals surface area contributed by atoms with E-state index in [0.29, 0.717) is 11.1 Å². The summed E-state index contributed by atoms with van der Waals surface area (Å²) in [4.78, 5) is 3.97. The van der Waals surface area contributed by atoms with Gasteiger partial charge in [0.05, 0.1) is 5.56 Å². The Morgan fingerprint density at radius 2 is 2.00 bits per heavy atom. The molecule has 0 aliphatic heterocycles. The Kier molecular flexibility index (Phi) is 2.90. The highest BCUT2D eigenvalue weighted by Crippen LogP contribution is 2.36. The molecule has 6 heteroatoms. The van der Waals surface area contributed by atoms with Crippen molar-refractivity contribution < 1.29 is 13.3 Å². The number of hydrogen-bond donors (Lipinski definition) is 1. The van der Waals surface area contributed by atoms with Crippen molar-refractivity contribution in [3.8, 4) is 22.4 Å². The Labute approximate surface area is 112 Å². The van der Waals surface area contributed by atoms with Gasteiger partial charge in [0.1, 0.15) is 17.3 Å². The summed E-state index contributed by atoms with van der Waals surface area (Å²) in [5.41, 5.74) is 7.15. The van der Waals surface area contributed by atoms with Gasteiger partial charge in [-0.1, -0.05) is 11.2 Å². The fraction of sp³-hybridized carbons (Fsp3) is 0. The van der Waals surface area contributed by atoms with Gasteiger partial charge in [0, 0.05) is 29.6 Å².